The van der Waals surface area contributed by atoms with Crippen molar-refractivity contribution in [2.75, 3.05) is 31.1 Å². The van der Waals surface area contributed by atoms with Gasteiger partial charge < -0.3 is 4.90 Å². The van der Waals surface area contributed by atoms with E-state index in [0.717, 1.165) is 38.4 Å². The van der Waals surface area contributed by atoms with Crippen LogP contribution >= 0.6 is 11.3 Å². The predicted molar refractivity (Wildman–Crippen MR) is 99.3 cm³/mol. The van der Waals surface area contributed by atoms with E-state index >= 15 is 0 Å². The highest BCUT2D eigenvalue weighted by Gasteiger charge is 2.27. The molecule has 0 saturated carbocycles. The summed E-state index contributed by atoms with van der Waals surface area (Å²) in [5.41, 5.74) is 1.48. The predicted octanol–water partition coefficient (Wildman–Crippen LogP) is 2.49. The molecule has 0 N–H and O–H groups in total. The van der Waals surface area contributed by atoms with Gasteiger partial charge in [-0.2, -0.15) is 9.50 Å². The van der Waals surface area contributed by atoms with Gasteiger partial charge in [-0.05, 0) is 54.6 Å². The second-order valence-electron chi connectivity index (χ2n) is 7.08. The van der Waals surface area contributed by atoms with Gasteiger partial charge in [0.15, 0.2) is 0 Å². The Hall–Kier alpha value is -1.80. The minimum atomic E-state index is 0.622. The quantitative estimate of drug-likeness (QED) is 0.718. The van der Waals surface area contributed by atoms with Crippen molar-refractivity contribution in [3.05, 3.63) is 10.4 Å². The molecule has 25 heavy (non-hydrogen) atoms. The summed E-state index contributed by atoms with van der Waals surface area (Å²) in [7, 11) is 0. The minimum absolute atomic E-state index is 0.622. The van der Waals surface area contributed by atoms with E-state index in [0.29, 0.717) is 5.78 Å². The van der Waals surface area contributed by atoms with Crippen LogP contribution in [0.25, 0.3) is 16.0 Å². The van der Waals surface area contributed by atoms with Crippen molar-refractivity contribution in [2.24, 2.45) is 0 Å². The number of anilines is 1. The fourth-order valence-electron chi connectivity index (χ4n) is 4.20. The molecule has 132 valence electrons. The number of fused-ring (bicyclic) bond motifs is 5. The van der Waals surface area contributed by atoms with Crippen LogP contribution in [0.5, 0.6) is 0 Å². The van der Waals surface area contributed by atoms with Crippen LogP contribution in [-0.2, 0) is 13.0 Å². The van der Waals surface area contributed by atoms with Crippen LogP contribution in [-0.4, -0.2) is 56.1 Å². The first-order valence-corrected chi connectivity index (χ1v) is 10.2. The Morgan fingerprint density at radius 2 is 2.00 bits per heavy atom. The molecule has 3 aromatic heterocycles. The summed E-state index contributed by atoms with van der Waals surface area (Å²) in [4.78, 5) is 12.5. The fraction of sp³-hybridized carbons (Fsp3) is 0.647. The largest absolute Gasteiger partial charge is 0.356 e. The van der Waals surface area contributed by atoms with Crippen LogP contribution in [0.3, 0.4) is 0 Å². The Labute approximate surface area is 150 Å². The van der Waals surface area contributed by atoms with E-state index < -0.39 is 0 Å². The lowest BCUT2D eigenvalue weighted by molar-refractivity contribution is 0.258. The Kier molecular flexibility index (Phi) is 3.82. The molecule has 2 aliphatic heterocycles. The zero-order valence-electron chi connectivity index (χ0n) is 14.6. The van der Waals surface area contributed by atoms with Gasteiger partial charge in [-0.3, -0.25) is 4.90 Å². The Morgan fingerprint density at radius 3 is 2.84 bits per heavy atom. The number of hydrogen-bond acceptors (Lipinski definition) is 7. The fourth-order valence-corrected chi connectivity index (χ4v) is 5.53. The molecule has 0 aromatic carbocycles. The van der Waals surface area contributed by atoms with Crippen LogP contribution in [0.1, 0.15) is 43.0 Å². The molecule has 0 unspecified atom stereocenters. The number of piperidine rings is 1. The highest BCUT2D eigenvalue weighted by molar-refractivity contribution is 7.19. The number of tetrazole rings is 1. The molecular weight excluding hydrogens is 334 g/mol. The van der Waals surface area contributed by atoms with E-state index in [4.69, 9.17) is 4.98 Å². The number of thiophene rings is 1. The highest BCUT2D eigenvalue weighted by Crippen LogP contribution is 2.40. The molecule has 0 radical (unpaired) electrons. The zero-order chi connectivity index (χ0) is 16.8. The second kappa shape index (κ2) is 6.17. The van der Waals surface area contributed by atoms with Gasteiger partial charge in [0.1, 0.15) is 10.6 Å². The van der Waals surface area contributed by atoms with Crippen LogP contribution in [0.4, 0.5) is 5.82 Å². The van der Waals surface area contributed by atoms with Crippen molar-refractivity contribution in [2.45, 2.75) is 45.6 Å². The van der Waals surface area contributed by atoms with Gasteiger partial charge >= 0.3 is 0 Å². The van der Waals surface area contributed by atoms with Gasteiger partial charge in [0, 0.05) is 31.1 Å². The summed E-state index contributed by atoms with van der Waals surface area (Å²) < 4.78 is 1.83. The first-order valence-electron chi connectivity index (χ1n) is 9.35. The van der Waals surface area contributed by atoms with Crippen molar-refractivity contribution in [1.82, 2.24) is 29.9 Å². The number of rotatable bonds is 3. The molecule has 7 nitrogen and oxygen atoms in total. The maximum atomic E-state index is 4.87. The zero-order valence-corrected chi connectivity index (χ0v) is 15.4. The van der Waals surface area contributed by atoms with Gasteiger partial charge in [-0.25, -0.2) is 0 Å². The molecule has 2 aliphatic rings. The molecular formula is C17H23N7S. The SMILES string of the molecule is CCCN1CCc2c(sc3c2c(N2CCCCC2)nc2nnnn23)C1. The average Bonchev–Trinajstić information content (AvgIpc) is 3.25. The first-order chi connectivity index (χ1) is 12.3. The van der Waals surface area contributed by atoms with Crippen molar-refractivity contribution >= 4 is 33.1 Å². The lowest BCUT2D eigenvalue weighted by Crippen LogP contribution is -2.32. The molecule has 1 saturated heterocycles. The maximum Gasteiger partial charge on any atom is 0.276 e. The summed E-state index contributed by atoms with van der Waals surface area (Å²) in [5.74, 6) is 1.73. The summed E-state index contributed by atoms with van der Waals surface area (Å²) in [5, 5.41) is 13.5. The molecule has 5 rings (SSSR count). The number of aromatic nitrogens is 5. The van der Waals surface area contributed by atoms with Gasteiger partial charge in [0.25, 0.3) is 5.78 Å². The standard InChI is InChI=1S/C17H23N7S/c1-2-7-22-10-6-12-13(11-22)25-16-14(12)15(23-8-4-3-5-9-23)18-17-19-20-21-24(16)17/h2-11H2,1H3. The summed E-state index contributed by atoms with van der Waals surface area (Å²) >= 11 is 1.85. The van der Waals surface area contributed by atoms with Crippen LogP contribution in [0, 0.1) is 0 Å². The van der Waals surface area contributed by atoms with Crippen LogP contribution in [0.2, 0.25) is 0 Å². The van der Waals surface area contributed by atoms with E-state index in [2.05, 4.69) is 32.2 Å². The molecule has 0 spiro atoms. The lowest BCUT2D eigenvalue weighted by atomic mass is 10.0. The van der Waals surface area contributed by atoms with Crippen molar-refractivity contribution in [3.63, 3.8) is 0 Å². The normalized spacial score (nSPS) is 19.0. The third kappa shape index (κ3) is 2.50. The smallest absolute Gasteiger partial charge is 0.276 e. The third-order valence-corrected chi connectivity index (χ3v) is 6.58. The molecule has 5 heterocycles. The molecule has 0 amide bonds. The van der Waals surface area contributed by atoms with Gasteiger partial charge in [-0.15, -0.1) is 11.3 Å². The third-order valence-electron chi connectivity index (χ3n) is 5.39. The molecule has 0 aliphatic carbocycles. The number of hydrogen-bond donors (Lipinski definition) is 0. The van der Waals surface area contributed by atoms with Crippen molar-refractivity contribution in [1.29, 1.82) is 0 Å². The van der Waals surface area contributed by atoms with E-state index in [9.17, 15) is 0 Å². The second-order valence-corrected chi connectivity index (χ2v) is 8.17. The molecule has 1 fully saturated rings. The van der Waals surface area contributed by atoms with Gasteiger partial charge in [-0.1, -0.05) is 12.0 Å². The summed E-state index contributed by atoms with van der Waals surface area (Å²) in [6.45, 7) is 7.79. The van der Waals surface area contributed by atoms with E-state index in [-0.39, 0.29) is 0 Å². The molecule has 0 atom stereocenters. The van der Waals surface area contributed by atoms with E-state index in [1.807, 2.05) is 15.9 Å². The molecule has 3 aromatic rings. The molecule has 0 bridgehead atoms. The van der Waals surface area contributed by atoms with Crippen LogP contribution in [0.15, 0.2) is 0 Å². The van der Waals surface area contributed by atoms with E-state index in [1.54, 1.807) is 0 Å². The summed E-state index contributed by atoms with van der Waals surface area (Å²) in [6, 6.07) is 0. The number of nitrogens with zero attached hydrogens (tertiary/aromatic N) is 7. The topological polar surface area (TPSA) is 62.5 Å². The van der Waals surface area contributed by atoms with Crippen molar-refractivity contribution in [3.8, 4) is 0 Å². The average molecular weight is 357 g/mol. The Balaban J connectivity index is 1.70. The van der Waals surface area contributed by atoms with Gasteiger partial charge in [0.2, 0.25) is 0 Å². The summed E-state index contributed by atoms with van der Waals surface area (Å²) in [6.07, 6.45) is 6.12. The monoisotopic (exact) mass is 357 g/mol. The Morgan fingerprint density at radius 1 is 1.12 bits per heavy atom. The minimum Gasteiger partial charge on any atom is -0.356 e. The van der Waals surface area contributed by atoms with Crippen molar-refractivity contribution < 1.29 is 0 Å². The van der Waals surface area contributed by atoms with Gasteiger partial charge in [0.05, 0.1) is 5.39 Å². The highest BCUT2D eigenvalue weighted by atomic mass is 32.1. The molecule has 8 heteroatoms. The Bertz CT molecular complexity index is 909. The maximum absolute atomic E-state index is 4.87. The van der Waals surface area contributed by atoms with E-state index in [1.165, 1.54) is 52.9 Å². The van der Waals surface area contributed by atoms with Crippen LogP contribution < -0.4 is 4.90 Å². The first kappa shape index (κ1) is 15.5. The lowest BCUT2D eigenvalue weighted by Gasteiger charge is -2.29.